The van der Waals surface area contributed by atoms with Gasteiger partial charge in [0.1, 0.15) is 0 Å². The molecule has 1 aromatic heterocycles. The lowest BCUT2D eigenvalue weighted by molar-refractivity contribution is 0.476. The summed E-state index contributed by atoms with van der Waals surface area (Å²) in [5.41, 5.74) is 0.998. The lowest BCUT2D eigenvalue weighted by atomic mass is 10.2. The van der Waals surface area contributed by atoms with Crippen LogP contribution in [0.25, 0.3) is 11.5 Å². The summed E-state index contributed by atoms with van der Waals surface area (Å²) < 4.78 is 6.76. The Labute approximate surface area is 113 Å². The summed E-state index contributed by atoms with van der Waals surface area (Å²) in [6.07, 6.45) is 2.52. The monoisotopic (exact) mass is 341 g/mol. The molecule has 0 saturated heterocycles. The van der Waals surface area contributed by atoms with Crippen molar-refractivity contribution in [1.29, 1.82) is 0 Å². The van der Waals surface area contributed by atoms with E-state index in [9.17, 15) is 0 Å². The fourth-order valence-corrected chi connectivity index (χ4v) is 2.21. The molecule has 0 aliphatic heterocycles. The van der Waals surface area contributed by atoms with Gasteiger partial charge in [-0.2, -0.15) is 0 Å². The molecule has 88 valence electrons. The number of hydrogen-bond acceptors (Lipinski definition) is 4. The van der Waals surface area contributed by atoms with Gasteiger partial charge in [0.25, 0.3) is 0 Å². The lowest BCUT2D eigenvalue weighted by Gasteiger charge is -1.98. The fraction of sp³-hybridized carbons (Fsp3) is 0.333. The Morgan fingerprint density at radius 2 is 2.12 bits per heavy atom. The number of aromatic nitrogens is 2. The lowest BCUT2D eigenvalue weighted by Crippen LogP contribution is -2.15. The van der Waals surface area contributed by atoms with Gasteiger partial charge in [-0.1, -0.05) is 12.1 Å². The van der Waals surface area contributed by atoms with E-state index < -0.39 is 0 Å². The van der Waals surface area contributed by atoms with Gasteiger partial charge in [-0.25, -0.2) is 0 Å². The Balaban J connectivity index is 1.77. The second kappa shape index (κ2) is 4.73. The Hall–Kier alpha value is -0.950. The van der Waals surface area contributed by atoms with Crippen molar-refractivity contribution in [2.45, 2.75) is 25.4 Å². The summed E-state index contributed by atoms with van der Waals surface area (Å²) in [6, 6.07) is 8.65. The number of hydrogen-bond donors (Lipinski definition) is 1. The van der Waals surface area contributed by atoms with E-state index in [1.165, 1.54) is 12.8 Å². The largest absolute Gasteiger partial charge is 0.419 e. The van der Waals surface area contributed by atoms with Crippen LogP contribution in [0.4, 0.5) is 0 Å². The molecule has 5 heteroatoms. The Kier molecular flexibility index (Phi) is 3.11. The summed E-state index contributed by atoms with van der Waals surface area (Å²) in [5, 5.41) is 11.5. The summed E-state index contributed by atoms with van der Waals surface area (Å²) in [7, 11) is 0. The second-order valence-electron chi connectivity index (χ2n) is 4.14. The zero-order valence-electron chi connectivity index (χ0n) is 9.19. The molecule has 0 radical (unpaired) electrons. The first kappa shape index (κ1) is 11.2. The van der Waals surface area contributed by atoms with E-state index in [0.29, 0.717) is 24.4 Å². The average Bonchev–Trinajstić information content (AvgIpc) is 3.06. The number of halogens is 1. The SMILES string of the molecule is Ic1ccccc1-c1nnc(CNC2CC2)o1. The molecule has 1 fully saturated rings. The molecule has 3 rings (SSSR count). The minimum absolute atomic E-state index is 0.600. The average molecular weight is 341 g/mol. The van der Waals surface area contributed by atoms with Crippen LogP contribution in [0.15, 0.2) is 28.7 Å². The molecule has 1 heterocycles. The third kappa shape index (κ3) is 2.66. The number of benzene rings is 1. The highest BCUT2D eigenvalue weighted by Crippen LogP contribution is 2.24. The highest BCUT2D eigenvalue weighted by atomic mass is 127. The Morgan fingerprint density at radius 1 is 1.29 bits per heavy atom. The normalized spacial score (nSPS) is 15.1. The summed E-state index contributed by atoms with van der Waals surface area (Å²) in [5.74, 6) is 1.26. The number of rotatable bonds is 4. The van der Waals surface area contributed by atoms with Gasteiger partial charge in [0, 0.05) is 9.61 Å². The van der Waals surface area contributed by atoms with E-state index >= 15 is 0 Å². The van der Waals surface area contributed by atoms with E-state index in [0.717, 1.165) is 9.13 Å². The van der Waals surface area contributed by atoms with Crippen LogP contribution in [0.5, 0.6) is 0 Å². The van der Waals surface area contributed by atoms with Crippen LogP contribution in [0.2, 0.25) is 0 Å². The molecule has 4 nitrogen and oxygen atoms in total. The van der Waals surface area contributed by atoms with E-state index in [1.807, 2.05) is 24.3 Å². The van der Waals surface area contributed by atoms with Crippen molar-refractivity contribution in [3.8, 4) is 11.5 Å². The zero-order chi connectivity index (χ0) is 11.7. The molecule has 0 spiro atoms. The summed E-state index contributed by atoms with van der Waals surface area (Å²) in [4.78, 5) is 0. The fourth-order valence-electron chi connectivity index (χ4n) is 1.59. The minimum atomic E-state index is 0.600. The van der Waals surface area contributed by atoms with Crippen LogP contribution in [0.1, 0.15) is 18.7 Å². The number of nitrogens with one attached hydrogen (secondary N) is 1. The van der Waals surface area contributed by atoms with E-state index in [-0.39, 0.29) is 0 Å². The highest BCUT2D eigenvalue weighted by Gasteiger charge is 2.21. The smallest absolute Gasteiger partial charge is 0.248 e. The van der Waals surface area contributed by atoms with Gasteiger partial charge in [-0.15, -0.1) is 10.2 Å². The first-order valence-corrected chi connectivity index (χ1v) is 6.71. The van der Waals surface area contributed by atoms with Crippen molar-refractivity contribution < 1.29 is 4.42 Å². The van der Waals surface area contributed by atoms with Gasteiger partial charge < -0.3 is 9.73 Å². The van der Waals surface area contributed by atoms with Crippen LogP contribution in [0, 0.1) is 3.57 Å². The van der Waals surface area contributed by atoms with Crippen molar-refractivity contribution in [3.63, 3.8) is 0 Å². The predicted octanol–water partition coefficient (Wildman–Crippen LogP) is 2.59. The third-order valence-corrected chi connectivity index (χ3v) is 3.63. The maximum Gasteiger partial charge on any atom is 0.248 e. The molecule has 17 heavy (non-hydrogen) atoms. The van der Waals surface area contributed by atoms with Gasteiger partial charge in [0.15, 0.2) is 0 Å². The first-order chi connectivity index (χ1) is 8.33. The van der Waals surface area contributed by atoms with Gasteiger partial charge in [-0.3, -0.25) is 0 Å². The molecular weight excluding hydrogens is 329 g/mol. The van der Waals surface area contributed by atoms with Gasteiger partial charge in [0.05, 0.1) is 12.1 Å². The maximum absolute atomic E-state index is 5.64. The summed E-state index contributed by atoms with van der Waals surface area (Å²) in [6.45, 7) is 0.668. The van der Waals surface area contributed by atoms with Crippen LogP contribution in [-0.2, 0) is 6.54 Å². The van der Waals surface area contributed by atoms with E-state index in [2.05, 4.69) is 38.1 Å². The van der Waals surface area contributed by atoms with Gasteiger partial charge in [0.2, 0.25) is 11.8 Å². The third-order valence-electron chi connectivity index (χ3n) is 2.69. The van der Waals surface area contributed by atoms with Gasteiger partial charge in [-0.05, 0) is 47.6 Å². The number of nitrogens with zero attached hydrogens (tertiary/aromatic N) is 2. The molecule has 1 aromatic carbocycles. The Morgan fingerprint density at radius 3 is 2.88 bits per heavy atom. The molecule has 1 N–H and O–H groups in total. The standard InChI is InChI=1S/C12H12IN3O/c13-10-4-2-1-3-9(10)12-16-15-11(17-12)7-14-8-5-6-8/h1-4,8,14H,5-7H2. The second-order valence-corrected chi connectivity index (χ2v) is 5.30. The highest BCUT2D eigenvalue weighted by molar-refractivity contribution is 14.1. The van der Waals surface area contributed by atoms with Crippen LogP contribution in [0.3, 0.4) is 0 Å². The van der Waals surface area contributed by atoms with Crippen LogP contribution >= 0.6 is 22.6 Å². The van der Waals surface area contributed by atoms with Crippen molar-refractivity contribution in [2.24, 2.45) is 0 Å². The topological polar surface area (TPSA) is 51.0 Å². The maximum atomic E-state index is 5.64. The van der Waals surface area contributed by atoms with E-state index in [4.69, 9.17) is 4.42 Å². The van der Waals surface area contributed by atoms with Gasteiger partial charge >= 0.3 is 0 Å². The molecule has 1 saturated carbocycles. The van der Waals surface area contributed by atoms with Crippen molar-refractivity contribution in [3.05, 3.63) is 33.7 Å². The molecule has 0 unspecified atom stereocenters. The van der Waals surface area contributed by atoms with Crippen LogP contribution in [-0.4, -0.2) is 16.2 Å². The Bertz CT molecular complexity index is 522. The predicted molar refractivity (Wildman–Crippen MR) is 72.3 cm³/mol. The minimum Gasteiger partial charge on any atom is -0.419 e. The molecule has 1 aliphatic rings. The molecule has 2 aromatic rings. The molecule has 0 amide bonds. The molecule has 0 bridgehead atoms. The van der Waals surface area contributed by atoms with Crippen LogP contribution < -0.4 is 5.32 Å². The van der Waals surface area contributed by atoms with Crippen molar-refractivity contribution in [2.75, 3.05) is 0 Å². The molecule has 1 aliphatic carbocycles. The summed E-state index contributed by atoms with van der Waals surface area (Å²) >= 11 is 2.27. The van der Waals surface area contributed by atoms with Crippen molar-refractivity contribution in [1.82, 2.24) is 15.5 Å². The first-order valence-electron chi connectivity index (χ1n) is 5.63. The molecule has 0 atom stereocenters. The van der Waals surface area contributed by atoms with E-state index in [1.54, 1.807) is 0 Å². The zero-order valence-corrected chi connectivity index (χ0v) is 11.3. The quantitative estimate of drug-likeness (QED) is 0.869. The molecular formula is C12H12IN3O. The van der Waals surface area contributed by atoms with Crippen molar-refractivity contribution >= 4 is 22.6 Å².